The van der Waals surface area contributed by atoms with Crippen molar-refractivity contribution < 1.29 is 33.4 Å². The minimum absolute atomic E-state index is 0.0215. The lowest BCUT2D eigenvalue weighted by Gasteiger charge is -2.33. The van der Waals surface area contributed by atoms with Crippen LogP contribution >= 0.6 is 0 Å². The average molecular weight is 888 g/mol. The van der Waals surface area contributed by atoms with E-state index in [1.807, 2.05) is 39.8 Å². The molecule has 5 heterocycles. The van der Waals surface area contributed by atoms with Gasteiger partial charge in [0.1, 0.15) is 29.5 Å². The van der Waals surface area contributed by atoms with Crippen molar-refractivity contribution in [2.75, 3.05) is 25.1 Å². The molecule has 0 spiro atoms. The molecule has 5 aromatic rings. The van der Waals surface area contributed by atoms with Gasteiger partial charge >= 0.3 is 12.2 Å². The Morgan fingerprint density at radius 2 is 1.11 bits per heavy atom. The van der Waals surface area contributed by atoms with E-state index >= 15 is 0 Å². The number of ether oxygens (including phenoxy) is 1. The van der Waals surface area contributed by atoms with Gasteiger partial charge in [0, 0.05) is 18.8 Å². The van der Waals surface area contributed by atoms with Crippen LogP contribution in [0.2, 0.25) is 0 Å². The summed E-state index contributed by atoms with van der Waals surface area (Å²) in [5.41, 5.74) is 6.74. The number of nitrogens with zero attached hydrogens (tertiary/aromatic N) is 5. The lowest BCUT2D eigenvalue weighted by atomic mass is 10.0. The van der Waals surface area contributed by atoms with Crippen molar-refractivity contribution in [3.63, 3.8) is 0 Å². The van der Waals surface area contributed by atoms with E-state index in [9.17, 15) is 28.7 Å². The highest BCUT2D eigenvalue weighted by Crippen LogP contribution is 2.47. The lowest BCUT2D eigenvalue weighted by molar-refractivity contribution is -0.136. The quantitative estimate of drug-likeness (QED) is 0.0771. The van der Waals surface area contributed by atoms with Crippen LogP contribution in [0.4, 0.5) is 19.7 Å². The number of anilines is 1. The Balaban J connectivity index is 0.978. The number of carboxylic acid groups (broad SMARTS) is 1. The van der Waals surface area contributed by atoms with Crippen LogP contribution in [0, 0.1) is 17.7 Å². The molecule has 3 saturated heterocycles. The van der Waals surface area contributed by atoms with E-state index in [0.717, 1.165) is 77.9 Å². The molecule has 4 amide bonds. The van der Waals surface area contributed by atoms with Crippen molar-refractivity contribution in [1.82, 2.24) is 40.4 Å². The second-order valence-electron chi connectivity index (χ2n) is 18.0. The first kappa shape index (κ1) is 44.9. The van der Waals surface area contributed by atoms with Gasteiger partial charge in [-0.05, 0) is 96.9 Å². The second-order valence-corrected chi connectivity index (χ2v) is 18.0. The molecule has 0 unspecified atom stereocenters. The van der Waals surface area contributed by atoms with Crippen LogP contribution < -0.4 is 15.5 Å². The number of carbonyl (C=O) groups excluding carboxylic acids is 3. The van der Waals surface area contributed by atoms with E-state index in [2.05, 4.69) is 79.0 Å². The number of nitrogens with one attached hydrogen (secondary N) is 4. The monoisotopic (exact) mass is 887 g/mol. The van der Waals surface area contributed by atoms with Crippen molar-refractivity contribution in [2.45, 2.75) is 102 Å². The molecule has 3 aliphatic heterocycles. The van der Waals surface area contributed by atoms with Crippen molar-refractivity contribution in [1.29, 1.82) is 0 Å². The molecule has 3 aromatic carbocycles. The zero-order valence-electron chi connectivity index (χ0n) is 37.5. The maximum atomic E-state index is 14.3. The normalized spacial score (nSPS) is 20.6. The summed E-state index contributed by atoms with van der Waals surface area (Å²) < 4.78 is 19.1. The molecule has 0 bridgehead atoms. The average Bonchev–Trinajstić information content (AvgIpc) is 4.16. The number of amides is 4. The predicted molar refractivity (Wildman–Crippen MR) is 243 cm³/mol. The van der Waals surface area contributed by atoms with Gasteiger partial charge in [0.15, 0.2) is 0 Å². The fourth-order valence-corrected chi connectivity index (χ4v) is 9.85. The van der Waals surface area contributed by atoms with Crippen molar-refractivity contribution in [2.24, 2.45) is 11.8 Å². The Kier molecular flexibility index (Phi) is 13.2. The molecule has 3 fully saturated rings. The van der Waals surface area contributed by atoms with Gasteiger partial charge in [0.2, 0.25) is 11.8 Å². The number of halogens is 1. The molecule has 5 N–H and O–H groups in total. The Labute approximate surface area is 378 Å². The minimum Gasteiger partial charge on any atom is -0.465 e. The van der Waals surface area contributed by atoms with Crippen molar-refractivity contribution in [3.05, 3.63) is 114 Å². The Hall–Kier alpha value is -6.71. The van der Waals surface area contributed by atoms with Crippen LogP contribution in [0.15, 0.2) is 85.2 Å². The van der Waals surface area contributed by atoms with Gasteiger partial charge in [-0.3, -0.25) is 9.59 Å². The number of H-pyrrole nitrogens is 2. The Bertz CT molecular complexity index is 2470. The van der Waals surface area contributed by atoms with Crippen LogP contribution in [-0.2, 0) is 14.3 Å². The number of benzene rings is 3. The molecule has 6 atom stereocenters. The number of rotatable bonds is 13. The predicted octanol–water partition coefficient (Wildman–Crippen LogP) is 8.69. The van der Waals surface area contributed by atoms with Gasteiger partial charge < -0.3 is 45.1 Å². The molecular weight excluding hydrogens is 830 g/mol. The highest BCUT2D eigenvalue weighted by Gasteiger charge is 2.40. The first-order valence-electron chi connectivity index (χ1n) is 22.6. The summed E-state index contributed by atoms with van der Waals surface area (Å²) in [5, 5.41) is 14.5. The fraction of sp³-hybridized carbons (Fsp3) is 0.429. The number of carbonyl (C=O) groups is 4. The number of alkyl carbamates (subject to hydrolysis) is 1. The Morgan fingerprint density at radius 3 is 1.52 bits per heavy atom. The first-order valence-corrected chi connectivity index (χ1v) is 22.6. The number of hydrogen-bond acceptors (Lipinski definition) is 8. The summed E-state index contributed by atoms with van der Waals surface area (Å²) in [6.07, 6.45) is 6.59. The van der Waals surface area contributed by atoms with Gasteiger partial charge in [0.05, 0.1) is 55.1 Å². The highest BCUT2D eigenvalue weighted by molar-refractivity contribution is 5.87. The van der Waals surface area contributed by atoms with Gasteiger partial charge in [0.25, 0.3) is 0 Å². The number of methoxy groups -OCH3 is 1. The summed E-state index contributed by atoms with van der Waals surface area (Å²) in [4.78, 5) is 73.0. The van der Waals surface area contributed by atoms with E-state index in [4.69, 9.17) is 9.72 Å². The highest BCUT2D eigenvalue weighted by atomic mass is 19.1. The van der Waals surface area contributed by atoms with E-state index in [0.29, 0.717) is 24.7 Å². The minimum atomic E-state index is -1.22. The van der Waals surface area contributed by atoms with Crippen molar-refractivity contribution in [3.8, 4) is 22.5 Å². The molecule has 0 radical (unpaired) electrons. The van der Waals surface area contributed by atoms with E-state index < -0.39 is 24.3 Å². The van der Waals surface area contributed by atoms with E-state index in [-0.39, 0.29) is 53.6 Å². The van der Waals surface area contributed by atoms with Crippen LogP contribution in [0.5, 0.6) is 0 Å². The molecule has 65 heavy (non-hydrogen) atoms. The van der Waals surface area contributed by atoms with Crippen LogP contribution in [-0.4, -0.2) is 91.1 Å². The zero-order valence-corrected chi connectivity index (χ0v) is 37.5. The molecule has 15 nitrogen and oxygen atoms in total. The zero-order chi connectivity index (χ0) is 45.9. The molecule has 0 saturated carbocycles. The molecular formula is C49H58FN9O6. The summed E-state index contributed by atoms with van der Waals surface area (Å²) in [7, 11) is 1.28. The third kappa shape index (κ3) is 9.43. The van der Waals surface area contributed by atoms with Gasteiger partial charge in [-0.1, -0.05) is 76.2 Å². The number of aromatic nitrogens is 4. The van der Waals surface area contributed by atoms with Crippen LogP contribution in [0.25, 0.3) is 22.5 Å². The smallest absolute Gasteiger partial charge is 0.407 e. The van der Waals surface area contributed by atoms with E-state index in [1.54, 1.807) is 22.2 Å². The van der Waals surface area contributed by atoms with Gasteiger partial charge in [-0.2, -0.15) is 0 Å². The van der Waals surface area contributed by atoms with Crippen LogP contribution in [0.1, 0.15) is 113 Å². The lowest BCUT2D eigenvalue weighted by Crippen LogP contribution is -2.51. The molecule has 0 aliphatic carbocycles. The third-order valence-electron chi connectivity index (χ3n) is 13.2. The Morgan fingerprint density at radius 1 is 0.662 bits per heavy atom. The molecule has 3 aliphatic rings. The first-order chi connectivity index (χ1) is 31.3. The maximum absolute atomic E-state index is 14.3. The fourth-order valence-electron chi connectivity index (χ4n) is 9.85. The largest absolute Gasteiger partial charge is 0.465 e. The van der Waals surface area contributed by atoms with Gasteiger partial charge in [-0.15, -0.1) is 0 Å². The summed E-state index contributed by atoms with van der Waals surface area (Å²) in [6.45, 7) is 8.55. The molecule has 342 valence electrons. The summed E-state index contributed by atoms with van der Waals surface area (Å²) in [5.74, 6) is 0.347. The molecule has 8 rings (SSSR count). The van der Waals surface area contributed by atoms with Crippen molar-refractivity contribution >= 4 is 29.7 Å². The standard InChI is InChI=1S/C49H58FN9O6/c1-28(2)42(55-48(62)63)46(60)57-24-6-8-40(57)44-51-26-36(53-44)30-10-14-32(15-11-30)38-22-23-39(59(38)35-20-18-34(50)19-21-35)33-16-12-31(13-17-33)37-27-52-45(54-37)41-9-7-25-58(41)47(61)43(29(3)4)56-49(64)65-5/h10-21,26-29,38-43,55H,6-9,22-25H2,1-5H3,(H,51,53)(H,52,54)(H,56,64)(H,62,63)/t38-,39+,40+,41+,42+,43+/m1/s1. The summed E-state index contributed by atoms with van der Waals surface area (Å²) >= 11 is 0. The number of imidazole rings is 2. The molecule has 16 heteroatoms. The van der Waals surface area contributed by atoms with Crippen LogP contribution in [0.3, 0.4) is 0 Å². The number of hydrogen-bond donors (Lipinski definition) is 5. The van der Waals surface area contributed by atoms with E-state index in [1.165, 1.54) is 19.2 Å². The van der Waals surface area contributed by atoms with Gasteiger partial charge in [-0.25, -0.2) is 23.9 Å². The number of likely N-dealkylation sites (tertiary alicyclic amines) is 2. The molecule has 2 aromatic heterocycles. The number of aromatic amines is 2. The maximum Gasteiger partial charge on any atom is 0.407 e. The second kappa shape index (κ2) is 19.2. The third-order valence-corrected chi connectivity index (χ3v) is 13.2. The summed E-state index contributed by atoms with van der Waals surface area (Å²) in [6, 6.07) is 21.5. The topological polar surface area (TPSA) is 189 Å². The SMILES string of the molecule is COC(=O)N[C@H](C(=O)N1CCC[C@H]1c1ncc(-c2ccc([C@@H]3CC[C@H](c4ccc(-c5cnc([C@@H]6CCCN6C(=O)[C@@H](NC(=O)O)C(C)C)[nH]5)cc4)N3c3ccc(F)cc3)cc2)[nH]1)C(C)C.